The van der Waals surface area contributed by atoms with Crippen LogP contribution in [-0.2, 0) is 4.79 Å². The molecule has 1 fully saturated rings. The van der Waals surface area contributed by atoms with Gasteiger partial charge in [0.05, 0.1) is 17.0 Å². The zero-order valence-electron chi connectivity index (χ0n) is 24.3. The Morgan fingerprint density at radius 3 is 2.49 bits per heavy atom. The molecule has 3 unspecified atom stereocenters. The second-order valence-electron chi connectivity index (χ2n) is 10.9. The summed E-state index contributed by atoms with van der Waals surface area (Å²) in [5.41, 5.74) is 4.47. The lowest BCUT2D eigenvalue weighted by atomic mass is 9.99. The number of nitrogens with one attached hydrogen (secondary N) is 2. The quantitative estimate of drug-likeness (QED) is 0.260. The summed E-state index contributed by atoms with van der Waals surface area (Å²) in [6.45, 7) is 5.81. The van der Waals surface area contributed by atoms with Gasteiger partial charge in [0, 0.05) is 35.9 Å². The molecule has 0 spiro atoms. The largest absolute Gasteiger partial charge is 0.573 e. The molecule has 2 aromatic heterocycles. The fraction of sp³-hybridized carbons (Fsp3) is 0.464. The Morgan fingerprint density at radius 1 is 1.18 bits per heavy atom. The lowest BCUT2D eigenvalue weighted by Crippen LogP contribution is -2.65. The first-order valence-corrected chi connectivity index (χ1v) is 13.8. The van der Waals surface area contributed by atoms with E-state index in [2.05, 4.69) is 20.0 Å². The van der Waals surface area contributed by atoms with Crippen LogP contribution in [0.15, 0.2) is 12.1 Å². The number of hydrogen-bond donors (Lipinski definition) is 3. The number of carbonyl (C=O) groups excluding carboxylic acids is 1. The highest BCUT2D eigenvalue weighted by atomic mass is 19.4. The number of benzene rings is 1. The van der Waals surface area contributed by atoms with Crippen LogP contribution in [0.3, 0.4) is 0 Å². The first-order valence-electron chi connectivity index (χ1n) is 13.8. The van der Waals surface area contributed by atoms with E-state index >= 15 is 4.39 Å². The van der Waals surface area contributed by atoms with E-state index in [-0.39, 0.29) is 53.2 Å². The number of pyridine rings is 2. The third-order valence-electron chi connectivity index (χ3n) is 7.96. The molecule has 4 heterocycles. The number of nitrogens with two attached hydrogens (primary N) is 1. The van der Waals surface area contributed by atoms with Crippen LogP contribution in [0.4, 0.5) is 46.6 Å². The minimum atomic E-state index is -5.34. The van der Waals surface area contributed by atoms with Gasteiger partial charge in [0.2, 0.25) is 11.8 Å². The number of alkyl halides is 6. The van der Waals surface area contributed by atoms with Gasteiger partial charge in [-0.05, 0) is 38.8 Å². The van der Waals surface area contributed by atoms with Crippen molar-refractivity contribution >= 4 is 28.2 Å². The summed E-state index contributed by atoms with van der Waals surface area (Å²) in [5.74, 6) is -5.06. The molecule has 1 amide bonds. The van der Waals surface area contributed by atoms with Crippen LogP contribution in [0.5, 0.6) is 11.6 Å². The highest BCUT2D eigenvalue weighted by molar-refractivity contribution is 6.02. The van der Waals surface area contributed by atoms with E-state index < -0.39 is 71.3 Å². The lowest BCUT2D eigenvalue weighted by Gasteiger charge is -2.42. The highest BCUT2D eigenvalue weighted by Gasteiger charge is 2.44. The van der Waals surface area contributed by atoms with Crippen LogP contribution in [0, 0.1) is 25.5 Å². The van der Waals surface area contributed by atoms with Crippen molar-refractivity contribution in [2.75, 3.05) is 23.7 Å². The Balaban J connectivity index is 1.67. The highest BCUT2D eigenvalue weighted by Crippen LogP contribution is 2.46. The normalized spacial score (nSPS) is 20.7. The van der Waals surface area contributed by atoms with Crippen molar-refractivity contribution in [1.82, 2.24) is 20.6 Å². The van der Waals surface area contributed by atoms with E-state index in [9.17, 15) is 35.5 Å². The molecule has 244 valence electrons. The molecular weight excluding hydrogens is 620 g/mol. The molecule has 2 aliphatic heterocycles. The van der Waals surface area contributed by atoms with Crippen molar-refractivity contribution in [3.63, 3.8) is 0 Å². The molecule has 0 saturated carbocycles. The number of fused-ring (bicyclic) bond motifs is 2. The fourth-order valence-corrected chi connectivity index (χ4v) is 5.61. The smallest absolute Gasteiger partial charge is 0.472 e. The number of hydrogen-bond acceptors (Lipinski definition) is 8. The predicted molar refractivity (Wildman–Crippen MR) is 147 cm³/mol. The Morgan fingerprint density at radius 2 is 1.87 bits per heavy atom. The summed E-state index contributed by atoms with van der Waals surface area (Å²) in [7, 11) is 0. The Bertz CT molecular complexity index is 1660. The maximum absolute atomic E-state index is 16.5. The summed E-state index contributed by atoms with van der Waals surface area (Å²) >= 11 is 0. The maximum Gasteiger partial charge on any atom is 0.573 e. The van der Waals surface area contributed by atoms with Crippen molar-refractivity contribution in [3.8, 4) is 22.9 Å². The standard InChI is InChI=1S/C28H28F8N6O3/c1-5-18(27(31,32)33)40-25(43)16-9-42-17(8-38-16)12(4)44-26-20-19(10(2)11(3)39-24(20)42)21(30)22(41-26)14-6-13(37)7-15(29)23(14)45-28(34,35)36/h6-7,12,16-18,38H,5,8-9,37H2,1-4H3,(H,40,43)/t12?,16?,17-,18?/m0/s1. The number of ether oxygens (including phenoxy) is 2. The molecule has 3 aromatic rings. The summed E-state index contributed by atoms with van der Waals surface area (Å²) < 4.78 is 121. The zero-order chi connectivity index (χ0) is 33.2. The van der Waals surface area contributed by atoms with Gasteiger partial charge in [-0.15, -0.1) is 13.2 Å². The second-order valence-corrected chi connectivity index (χ2v) is 10.9. The van der Waals surface area contributed by atoms with Crippen molar-refractivity contribution in [3.05, 3.63) is 35.0 Å². The van der Waals surface area contributed by atoms with Crippen LogP contribution in [-0.4, -0.2) is 65.7 Å². The Kier molecular flexibility index (Phi) is 8.12. The molecule has 5 rings (SSSR count). The SMILES string of the molecule is CCC(NC(=O)C1CN2c3nc(C)c(C)c4c(F)c(-c5cc(N)cc(F)c5OC(F)(F)F)nc(c34)OC(C)[C@@H]2CN1)C(F)(F)F. The molecular formula is C28H28F8N6O3. The number of halogens is 8. The molecule has 0 aliphatic carbocycles. The van der Waals surface area contributed by atoms with Gasteiger partial charge in [0.25, 0.3) is 0 Å². The van der Waals surface area contributed by atoms with Gasteiger partial charge in [-0.1, -0.05) is 6.92 Å². The first kappa shape index (κ1) is 32.2. The van der Waals surface area contributed by atoms with E-state index in [1.54, 1.807) is 18.7 Å². The zero-order valence-corrected chi connectivity index (χ0v) is 24.3. The molecule has 9 nitrogen and oxygen atoms in total. The topological polar surface area (TPSA) is 115 Å². The van der Waals surface area contributed by atoms with Crippen molar-refractivity contribution < 1.29 is 49.4 Å². The molecule has 0 bridgehead atoms. The fourth-order valence-electron chi connectivity index (χ4n) is 5.61. The van der Waals surface area contributed by atoms with Gasteiger partial charge >= 0.3 is 12.5 Å². The van der Waals surface area contributed by atoms with Gasteiger partial charge < -0.3 is 30.7 Å². The first-order chi connectivity index (χ1) is 20.9. The van der Waals surface area contributed by atoms with Crippen LogP contribution in [0.25, 0.3) is 22.0 Å². The number of anilines is 2. The second kappa shape index (κ2) is 11.3. The van der Waals surface area contributed by atoms with Gasteiger partial charge in [0.1, 0.15) is 29.7 Å². The third-order valence-corrected chi connectivity index (χ3v) is 7.96. The molecule has 45 heavy (non-hydrogen) atoms. The Labute approximate surface area is 251 Å². The van der Waals surface area contributed by atoms with Gasteiger partial charge in [0.15, 0.2) is 17.4 Å². The van der Waals surface area contributed by atoms with Gasteiger partial charge in [-0.3, -0.25) is 4.79 Å². The van der Waals surface area contributed by atoms with E-state index in [0.717, 1.165) is 6.07 Å². The monoisotopic (exact) mass is 648 g/mol. The average molecular weight is 649 g/mol. The summed E-state index contributed by atoms with van der Waals surface area (Å²) in [6.07, 6.45) is -11.2. The molecule has 17 heteroatoms. The summed E-state index contributed by atoms with van der Waals surface area (Å²) in [6, 6.07) is -2.31. The molecule has 1 saturated heterocycles. The van der Waals surface area contributed by atoms with E-state index in [1.165, 1.54) is 13.8 Å². The number of nitrogen functional groups attached to an aromatic ring is 1. The molecule has 0 radical (unpaired) electrons. The number of piperazine rings is 1. The molecule has 4 atom stereocenters. The van der Waals surface area contributed by atoms with Crippen LogP contribution >= 0.6 is 0 Å². The van der Waals surface area contributed by atoms with Gasteiger partial charge in [-0.25, -0.2) is 18.7 Å². The van der Waals surface area contributed by atoms with Crippen LogP contribution in [0.2, 0.25) is 0 Å². The lowest BCUT2D eigenvalue weighted by molar-refractivity contribution is -0.275. The number of nitrogens with zero attached hydrogens (tertiary/aromatic N) is 3. The van der Waals surface area contributed by atoms with E-state index in [0.29, 0.717) is 11.8 Å². The molecule has 1 aromatic carbocycles. The Hall–Kier alpha value is -4.15. The predicted octanol–water partition coefficient (Wildman–Crippen LogP) is 5.06. The average Bonchev–Trinajstić information content (AvgIpc) is 3.04. The number of carbonyl (C=O) groups is 1. The van der Waals surface area contributed by atoms with E-state index in [4.69, 9.17) is 10.5 Å². The summed E-state index contributed by atoms with van der Waals surface area (Å²) in [4.78, 5) is 23.4. The van der Waals surface area contributed by atoms with Crippen LogP contribution in [0.1, 0.15) is 31.5 Å². The third kappa shape index (κ3) is 5.96. The summed E-state index contributed by atoms with van der Waals surface area (Å²) in [5, 5.41) is 4.80. The maximum atomic E-state index is 16.5. The van der Waals surface area contributed by atoms with Crippen molar-refractivity contribution in [2.45, 2.75) is 70.9 Å². The number of rotatable bonds is 5. The molecule has 4 N–H and O–H groups in total. The number of aromatic nitrogens is 2. The van der Waals surface area contributed by atoms with E-state index in [1.807, 2.05) is 5.32 Å². The van der Waals surface area contributed by atoms with Crippen LogP contribution < -0.4 is 30.7 Å². The van der Waals surface area contributed by atoms with Crippen molar-refractivity contribution in [1.29, 1.82) is 0 Å². The molecule has 2 aliphatic rings. The minimum absolute atomic E-state index is 0.0131. The van der Waals surface area contributed by atoms with Crippen molar-refractivity contribution in [2.24, 2.45) is 0 Å². The minimum Gasteiger partial charge on any atom is -0.472 e. The number of aryl methyl sites for hydroxylation is 2. The number of amides is 1. The van der Waals surface area contributed by atoms with Gasteiger partial charge in [-0.2, -0.15) is 13.2 Å².